The summed E-state index contributed by atoms with van der Waals surface area (Å²) in [5.41, 5.74) is 13.2. The quantitative estimate of drug-likeness (QED) is 0.279. The van der Waals surface area contributed by atoms with Gasteiger partial charge in [0, 0.05) is 45.0 Å². The van der Waals surface area contributed by atoms with Crippen LogP contribution in [0.1, 0.15) is 11.1 Å². The Bertz CT molecular complexity index is 1740. The van der Waals surface area contributed by atoms with Crippen molar-refractivity contribution in [2.75, 3.05) is 5.32 Å². The Morgan fingerprint density at radius 1 is 0.706 bits per heavy atom. The number of anilines is 2. The Morgan fingerprint density at radius 3 is 2.41 bits per heavy atom. The Kier molecular flexibility index (Phi) is 3.97. The highest BCUT2D eigenvalue weighted by atomic mass is 16.3. The minimum atomic E-state index is 0.915. The third kappa shape index (κ3) is 2.74. The fourth-order valence-corrected chi connectivity index (χ4v) is 5.23. The maximum atomic E-state index is 6.39. The summed E-state index contributed by atoms with van der Waals surface area (Å²) < 4.78 is 6.39. The summed E-state index contributed by atoms with van der Waals surface area (Å²) in [6.07, 6.45) is 1.92. The Balaban J connectivity index is 1.60. The second-order valence-electron chi connectivity index (χ2n) is 9.05. The number of nitrogens with one attached hydrogen (secondary N) is 1. The molecule has 2 bridgehead atoms. The predicted molar refractivity (Wildman–Crippen MR) is 141 cm³/mol. The number of pyridine rings is 1. The molecule has 1 aliphatic rings. The maximum absolute atomic E-state index is 6.39. The van der Waals surface area contributed by atoms with Gasteiger partial charge in [-0.3, -0.25) is 4.98 Å². The standard InChI is InChI=1S/C31H22N2O/c1-18-11-13-25(32-17-18)20-12-14-27-24(15-20)23-16-29-31(22-8-4-6-10-28(22)34-29)30(19(23)2)21-7-3-5-9-26(21)33-27/h3-17,33H,1-2H3. The van der Waals surface area contributed by atoms with Crippen LogP contribution in [0.15, 0.2) is 95.5 Å². The molecule has 2 aromatic heterocycles. The predicted octanol–water partition coefficient (Wildman–Crippen LogP) is 8.66. The second-order valence-corrected chi connectivity index (χ2v) is 9.05. The molecule has 0 radical (unpaired) electrons. The molecule has 0 fully saturated rings. The van der Waals surface area contributed by atoms with Crippen molar-refractivity contribution in [2.24, 2.45) is 0 Å². The molecule has 3 heterocycles. The zero-order valence-electron chi connectivity index (χ0n) is 19.0. The number of rotatable bonds is 1. The smallest absolute Gasteiger partial charge is 0.136 e. The lowest BCUT2D eigenvalue weighted by Gasteiger charge is -2.24. The SMILES string of the molecule is Cc1ccc(-c2ccc3c(c2)-c2cc4oc5ccccc5c4c(c2C)-c2ccccc2N3)nc1. The number of hydrogen-bond donors (Lipinski definition) is 1. The van der Waals surface area contributed by atoms with Gasteiger partial charge < -0.3 is 9.73 Å². The first-order chi connectivity index (χ1) is 16.7. The van der Waals surface area contributed by atoms with Crippen LogP contribution in [-0.4, -0.2) is 4.98 Å². The molecule has 0 aliphatic carbocycles. The summed E-state index contributed by atoms with van der Waals surface area (Å²) in [6, 6.07) is 29.8. The molecule has 4 aromatic carbocycles. The van der Waals surface area contributed by atoms with E-state index in [1.165, 1.54) is 27.6 Å². The van der Waals surface area contributed by atoms with Crippen LogP contribution in [0.4, 0.5) is 11.4 Å². The molecule has 34 heavy (non-hydrogen) atoms. The van der Waals surface area contributed by atoms with Crippen molar-refractivity contribution in [1.29, 1.82) is 0 Å². The number of aromatic nitrogens is 1. The van der Waals surface area contributed by atoms with E-state index in [-0.39, 0.29) is 0 Å². The van der Waals surface area contributed by atoms with E-state index in [0.717, 1.165) is 50.3 Å². The summed E-state index contributed by atoms with van der Waals surface area (Å²) >= 11 is 0. The van der Waals surface area contributed by atoms with Crippen molar-refractivity contribution in [3.8, 4) is 33.5 Å². The number of para-hydroxylation sites is 2. The van der Waals surface area contributed by atoms with Gasteiger partial charge in [-0.2, -0.15) is 0 Å². The minimum absolute atomic E-state index is 0.915. The summed E-state index contributed by atoms with van der Waals surface area (Å²) in [7, 11) is 0. The van der Waals surface area contributed by atoms with Crippen LogP contribution >= 0.6 is 0 Å². The molecular weight excluding hydrogens is 416 g/mol. The molecule has 1 aliphatic heterocycles. The normalized spacial score (nSPS) is 12.1. The van der Waals surface area contributed by atoms with Gasteiger partial charge in [0.2, 0.25) is 0 Å². The molecule has 0 saturated carbocycles. The van der Waals surface area contributed by atoms with Crippen LogP contribution in [0.5, 0.6) is 0 Å². The van der Waals surface area contributed by atoms with Gasteiger partial charge in [0.05, 0.1) is 5.69 Å². The molecule has 7 rings (SSSR count). The van der Waals surface area contributed by atoms with Crippen molar-refractivity contribution in [1.82, 2.24) is 4.98 Å². The van der Waals surface area contributed by atoms with Crippen molar-refractivity contribution in [3.05, 3.63) is 102 Å². The molecule has 0 spiro atoms. The monoisotopic (exact) mass is 438 g/mol. The van der Waals surface area contributed by atoms with Crippen LogP contribution in [-0.2, 0) is 0 Å². The van der Waals surface area contributed by atoms with Gasteiger partial charge >= 0.3 is 0 Å². The number of aryl methyl sites for hydroxylation is 1. The molecule has 3 heteroatoms. The number of benzene rings is 4. The van der Waals surface area contributed by atoms with Crippen LogP contribution < -0.4 is 5.32 Å². The molecule has 6 aromatic rings. The molecule has 1 N–H and O–H groups in total. The van der Waals surface area contributed by atoms with E-state index in [1.807, 2.05) is 18.3 Å². The highest BCUT2D eigenvalue weighted by Gasteiger charge is 2.24. The zero-order valence-corrected chi connectivity index (χ0v) is 19.0. The van der Waals surface area contributed by atoms with Crippen LogP contribution in [0.3, 0.4) is 0 Å². The lowest BCUT2D eigenvalue weighted by Crippen LogP contribution is -2.02. The van der Waals surface area contributed by atoms with E-state index in [2.05, 4.69) is 96.9 Å². The van der Waals surface area contributed by atoms with Gasteiger partial charge in [-0.25, -0.2) is 0 Å². The third-order valence-corrected chi connectivity index (χ3v) is 6.91. The topological polar surface area (TPSA) is 38.1 Å². The van der Waals surface area contributed by atoms with E-state index in [1.54, 1.807) is 0 Å². The lowest BCUT2D eigenvalue weighted by atomic mass is 9.86. The highest BCUT2D eigenvalue weighted by molar-refractivity contribution is 6.17. The number of fused-ring (bicyclic) bond motifs is 10. The molecule has 162 valence electrons. The first-order valence-corrected chi connectivity index (χ1v) is 11.6. The highest BCUT2D eigenvalue weighted by Crippen LogP contribution is 2.49. The summed E-state index contributed by atoms with van der Waals surface area (Å²) in [5.74, 6) is 0. The number of furan rings is 1. The molecule has 0 saturated heterocycles. The van der Waals surface area contributed by atoms with Crippen LogP contribution in [0.25, 0.3) is 55.4 Å². The van der Waals surface area contributed by atoms with E-state index in [9.17, 15) is 0 Å². The van der Waals surface area contributed by atoms with Gasteiger partial charge in [-0.05, 0) is 72.5 Å². The Labute approximate surface area is 197 Å². The number of nitrogens with zero attached hydrogens (tertiary/aromatic N) is 1. The van der Waals surface area contributed by atoms with E-state index >= 15 is 0 Å². The fraction of sp³-hybridized carbons (Fsp3) is 0.0645. The summed E-state index contributed by atoms with van der Waals surface area (Å²) in [6.45, 7) is 4.29. The van der Waals surface area contributed by atoms with Gasteiger partial charge in [0.1, 0.15) is 11.2 Å². The van der Waals surface area contributed by atoms with Crippen LogP contribution in [0.2, 0.25) is 0 Å². The van der Waals surface area contributed by atoms with Gasteiger partial charge in [0.15, 0.2) is 0 Å². The molecule has 0 atom stereocenters. The average Bonchev–Trinajstić information content (AvgIpc) is 3.23. The van der Waals surface area contributed by atoms with Crippen molar-refractivity contribution >= 4 is 33.3 Å². The molecule has 3 nitrogen and oxygen atoms in total. The first-order valence-electron chi connectivity index (χ1n) is 11.6. The van der Waals surface area contributed by atoms with Gasteiger partial charge in [0.25, 0.3) is 0 Å². The second kappa shape index (κ2) is 7.06. The van der Waals surface area contributed by atoms with Gasteiger partial charge in [-0.1, -0.05) is 48.5 Å². The zero-order chi connectivity index (χ0) is 22.8. The third-order valence-electron chi connectivity index (χ3n) is 6.91. The Hall–Kier alpha value is -4.37. The summed E-state index contributed by atoms with van der Waals surface area (Å²) in [4.78, 5) is 4.67. The number of hydrogen-bond acceptors (Lipinski definition) is 3. The lowest BCUT2D eigenvalue weighted by molar-refractivity contribution is 0.669. The molecular formula is C31H22N2O. The molecule has 0 unspecified atom stereocenters. The summed E-state index contributed by atoms with van der Waals surface area (Å²) in [5, 5.41) is 6.05. The fourth-order valence-electron chi connectivity index (χ4n) is 5.23. The molecule has 0 amide bonds. The Morgan fingerprint density at radius 2 is 1.53 bits per heavy atom. The maximum Gasteiger partial charge on any atom is 0.136 e. The van der Waals surface area contributed by atoms with Crippen LogP contribution in [0, 0.1) is 13.8 Å². The average molecular weight is 439 g/mol. The van der Waals surface area contributed by atoms with Crippen molar-refractivity contribution in [3.63, 3.8) is 0 Å². The van der Waals surface area contributed by atoms with Crippen molar-refractivity contribution < 1.29 is 4.42 Å². The van der Waals surface area contributed by atoms with Crippen molar-refractivity contribution in [2.45, 2.75) is 13.8 Å². The van der Waals surface area contributed by atoms with E-state index in [0.29, 0.717) is 0 Å². The minimum Gasteiger partial charge on any atom is -0.456 e. The van der Waals surface area contributed by atoms with Gasteiger partial charge in [-0.15, -0.1) is 0 Å². The van der Waals surface area contributed by atoms with E-state index < -0.39 is 0 Å². The first kappa shape index (κ1) is 19.1. The largest absolute Gasteiger partial charge is 0.456 e. The van der Waals surface area contributed by atoms with E-state index in [4.69, 9.17) is 4.42 Å².